The third kappa shape index (κ3) is 2.81. The first-order valence-corrected chi connectivity index (χ1v) is 6.33. The Morgan fingerprint density at radius 1 is 1.50 bits per heavy atom. The van der Waals surface area contributed by atoms with E-state index in [4.69, 9.17) is 9.84 Å². The van der Waals surface area contributed by atoms with E-state index >= 15 is 0 Å². The first-order chi connectivity index (χ1) is 8.63. The van der Waals surface area contributed by atoms with Gasteiger partial charge in [0.1, 0.15) is 11.6 Å². The van der Waals surface area contributed by atoms with Crippen molar-refractivity contribution in [3.8, 4) is 5.75 Å². The molecule has 0 unspecified atom stereocenters. The molecule has 2 rings (SSSR count). The van der Waals surface area contributed by atoms with Crippen molar-refractivity contribution >= 4 is 5.97 Å². The highest BCUT2D eigenvalue weighted by atomic mass is 19.1. The Balaban J connectivity index is 2.26. The molecule has 1 aliphatic rings. The van der Waals surface area contributed by atoms with Crippen molar-refractivity contribution in [3.63, 3.8) is 0 Å². The lowest BCUT2D eigenvalue weighted by atomic mass is 10.0. The normalized spacial score (nSPS) is 14.6. The Morgan fingerprint density at radius 2 is 2.22 bits per heavy atom. The fourth-order valence-electron chi connectivity index (χ4n) is 1.90. The highest BCUT2D eigenvalue weighted by Gasteiger charge is 2.29. The summed E-state index contributed by atoms with van der Waals surface area (Å²) in [6, 6.07) is 2.64. The molecule has 3 nitrogen and oxygen atoms in total. The van der Waals surface area contributed by atoms with Crippen LogP contribution in [-0.4, -0.2) is 17.7 Å². The van der Waals surface area contributed by atoms with Crippen LogP contribution in [0.1, 0.15) is 54.4 Å². The number of unbranched alkanes of at least 4 members (excludes halogenated alkanes) is 1. The van der Waals surface area contributed by atoms with Crippen molar-refractivity contribution in [2.75, 3.05) is 6.61 Å². The van der Waals surface area contributed by atoms with Crippen LogP contribution >= 0.6 is 0 Å². The summed E-state index contributed by atoms with van der Waals surface area (Å²) in [5.41, 5.74) is 0.574. The first-order valence-electron chi connectivity index (χ1n) is 6.33. The quantitative estimate of drug-likeness (QED) is 0.787. The van der Waals surface area contributed by atoms with E-state index in [1.807, 2.05) is 0 Å². The summed E-state index contributed by atoms with van der Waals surface area (Å²) in [4.78, 5) is 10.9. The molecule has 1 N–H and O–H groups in total. The number of carboxylic acids is 1. The van der Waals surface area contributed by atoms with Crippen LogP contribution in [0.4, 0.5) is 4.39 Å². The van der Waals surface area contributed by atoms with Crippen LogP contribution in [0, 0.1) is 5.82 Å². The molecular weight excluding hydrogens is 235 g/mol. The van der Waals surface area contributed by atoms with E-state index in [2.05, 4.69) is 6.92 Å². The fraction of sp³-hybridized carbons (Fsp3) is 0.500. The van der Waals surface area contributed by atoms with E-state index in [0.29, 0.717) is 18.3 Å². The maximum absolute atomic E-state index is 13.6. The average Bonchev–Trinajstić information content (AvgIpc) is 3.13. The van der Waals surface area contributed by atoms with E-state index in [1.54, 1.807) is 0 Å². The molecule has 0 bridgehead atoms. The zero-order valence-corrected chi connectivity index (χ0v) is 10.4. The third-order valence-electron chi connectivity index (χ3n) is 3.10. The van der Waals surface area contributed by atoms with Crippen LogP contribution < -0.4 is 4.74 Å². The lowest BCUT2D eigenvalue weighted by molar-refractivity contribution is 0.0691. The molecule has 0 aromatic heterocycles. The van der Waals surface area contributed by atoms with Crippen molar-refractivity contribution in [1.82, 2.24) is 0 Å². The van der Waals surface area contributed by atoms with Gasteiger partial charge < -0.3 is 9.84 Å². The molecule has 0 heterocycles. The van der Waals surface area contributed by atoms with Gasteiger partial charge in [0.05, 0.1) is 12.2 Å². The van der Waals surface area contributed by atoms with Crippen LogP contribution in [0.25, 0.3) is 0 Å². The summed E-state index contributed by atoms with van der Waals surface area (Å²) in [7, 11) is 0. The summed E-state index contributed by atoms with van der Waals surface area (Å²) >= 11 is 0. The maximum atomic E-state index is 13.6. The monoisotopic (exact) mass is 252 g/mol. The van der Waals surface area contributed by atoms with E-state index in [1.165, 1.54) is 12.1 Å². The Bertz CT molecular complexity index is 453. The minimum Gasteiger partial charge on any atom is -0.493 e. The molecule has 0 radical (unpaired) electrons. The summed E-state index contributed by atoms with van der Waals surface area (Å²) in [6.07, 6.45) is 3.96. The standard InChI is InChI=1S/C14H17FO3/c1-2-3-6-18-13-8-12(15)11(14(16)17)7-10(13)9-4-5-9/h7-9H,2-6H2,1H3,(H,16,17). The molecule has 1 fully saturated rings. The number of hydrogen-bond acceptors (Lipinski definition) is 2. The molecule has 18 heavy (non-hydrogen) atoms. The van der Waals surface area contributed by atoms with Gasteiger partial charge in [-0.25, -0.2) is 9.18 Å². The summed E-state index contributed by atoms with van der Waals surface area (Å²) < 4.78 is 19.2. The highest BCUT2D eigenvalue weighted by Crippen LogP contribution is 2.45. The van der Waals surface area contributed by atoms with Crippen LogP contribution in [0.5, 0.6) is 5.75 Å². The van der Waals surface area contributed by atoms with E-state index in [0.717, 1.165) is 31.2 Å². The summed E-state index contributed by atoms with van der Waals surface area (Å²) in [5.74, 6) is -1.11. The second-order valence-corrected chi connectivity index (χ2v) is 4.65. The molecule has 0 amide bonds. The van der Waals surface area contributed by atoms with Gasteiger partial charge in [-0.05, 0) is 36.8 Å². The van der Waals surface area contributed by atoms with Crippen LogP contribution in [-0.2, 0) is 0 Å². The number of carbonyl (C=O) groups is 1. The lowest BCUT2D eigenvalue weighted by Crippen LogP contribution is -2.05. The van der Waals surface area contributed by atoms with Gasteiger partial charge in [-0.3, -0.25) is 0 Å². The summed E-state index contributed by atoms with van der Waals surface area (Å²) in [5, 5.41) is 8.92. The number of carboxylic acid groups (broad SMARTS) is 1. The fourth-order valence-corrected chi connectivity index (χ4v) is 1.90. The lowest BCUT2D eigenvalue weighted by Gasteiger charge is -2.12. The van der Waals surface area contributed by atoms with Crippen LogP contribution in [0.3, 0.4) is 0 Å². The third-order valence-corrected chi connectivity index (χ3v) is 3.10. The molecule has 1 aromatic carbocycles. The SMILES string of the molecule is CCCCOc1cc(F)c(C(=O)O)cc1C1CC1. The van der Waals surface area contributed by atoms with Crippen LogP contribution in [0.2, 0.25) is 0 Å². The molecule has 4 heteroatoms. The van der Waals surface area contributed by atoms with Gasteiger partial charge in [0, 0.05) is 6.07 Å². The number of benzene rings is 1. The largest absolute Gasteiger partial charge is 0.493 e. The minimum atomic E-state index is -1.23. The van der Waals surface area contributed by atoms with Gasteiger partial charge in [0.2, 0.25) is 0 Å². The van der Waals surface area contributed by atoms with Crippen LogP contribution in [0.15, 0.2) is 12.1 Å². The van der Waals surface area contributed by atoms with Gasteiger partial charge in [0.25, 0.3) is 0 Å². The maximum Gasteiger partial charge on any atom is 0.338 e. The van der Waals surface area contributed by atoms with Gasteiger partial charge in [-0.2, -0.15) is 0 Å². The smallest absolute Gasteiger partial charge is 0.338 e. The molecule has 0 saturated heterocycles. The second kappa shape index (κ2) is 5.38. The van der Waals surface area contributed by atoms with Crippen molar-refractivity contribution in [3.05, 3.63) is 29.1 Å². The second-order valence-electron chi connectivity index (χ2n) is 4.65. The van der Waals surface area contributed by atoms with Crippen molar-refractivity contribution in [1.29, 1.82) is 0 Å². The first kappa shape index (κ1) is 12.9. The number of aromatic carboxylic acids is 1. The molecular formula is C14H17FO3. The predicted octanol–water partition coefficient (Wildman–Crippen LogP) is 3.58. The van der Waals surface area contributed by atoms with Crippen molar-refractivity contribution in [2.45, 2.75) is 38.5 Å². The van der Waals surface area contributed by atoms with Crippen molar-refractivity contribution < 1.29 is 19.0 Å². The number of halogens is 1. The van der Waals surface area contributed by atoms with Crippen molar-refractivity contribution in [2.24, 2.45) is 0 Å². The summed E-state index contributed by atoms with van der Waals surface area (Å²) in [6.45, 7) is 2.60. The minimum absolute atomic E-state index is 0.264. The average molecular weight is 252 g/mol. The van der Waals surface area contributed by atoms with E-state index in [-0.39, 0.29) is 5.56 Å². The van der Waals surface area contributed by atoms with Gasteiger partial charge in [-0.15, -0.1) is 0 Å². The van der Waals surface area contributed by atoms with E-state index < -0.39 is 11.8 Å². The number of rotatable bonds is 6. The zero-order valence-electron chi connectivity index (χ0n) is 10.4. The van der Waals surface area contributed by atoms with Gasteiger partial charge in [-0.1, -0.05) is 13.3 Å². The molecule has 0 atom stereocenters. The molecule has 0 aliphatic heterocycles. The molecule has 1 aromatic rings. The Hall–Kier alpha value is -1.58. The van der Waals surface area contributed by atoms with Gasteiger partial charge in [0.15, 0.2) is 0 Å². The molecule has 1 aliphatic carbocycles. The number of ether oxygens (including phenoxy) is 1. The molecule has 98 valence electrons. The highest BCUT2D eigenvalue weighted by molar-refractivity contribution is 5.88. The molecule has 0 spiro atoms. The predicted molar refractivity (Wildman–Crippen MR) is 65.7 cm³/mol. The Morgan fingerprint density at radius 3 is 2.78 bits per heavy atom. The van der Waals surface area contributed by atoms with E-state index in [9.17, 15) is 9.18 Å². The Kier molecular flexibility index (Phi) is 3.84. The van der Waals surface area contributed by atoms with Gasteiger partial charge >= 0.3 is 5.97 Å². The zero-order chi connectivity index (χ0) is 13.1. The molecule has 1 saturated carbocycles. The topological polar surface area (TPSA) is 46.5 Å². The number of hydrogen-bond donors (Lipinski definition) is 1. The Labute approximate surface area is 106 Å².